The summed E-state index contributed by atoms with van der Waals surface area (Å²) in [6.45, 7) is 3.70. The number of nitrogens with zero attached hydrogens (tertiary/aromatic N) is 2. The van der Waals surface area contributed by atoms with E-state index in [4.69, 9.17) is 4.74 Å². The van der Waals surface area contributed by atoms with Crippen LogP contribution in [0.4, 0.5) is 23.7 Å². The molecule has 0 unspecified atom stereocenters. The molecule has 0 saturated carbocycles. The molecule has 5 nitrogen and oxygen atoms in total. The van der Waals surface area contributed by atoms with E-state index in [1.54, 1.807) is 12.0 Å². The quantitative estimate of drug-likeness (QED) is 0.495. The Bertz CT molecular complexity index is 1010. The highest BCUT2D eigenvalue weighted by atomic mass is 19.4. The average Bonchev–Trinajstić information content (AvgIpc) is 3.19. The van der Waals surface area contributed by atoms with Crippen LogP contribution < -0.4 is 5.32 Å². The van der Waals surface area contributed by atoms with E-state index in [1.165, 1.54) is 17.7 Å². The second-order valence-corrected chi connectivity index (χ2v) is 7.53. The molecule has 0 saturated heterocycles. The highest BCUT2D eigenvalue weighted by molar-refractivity contribution is 5.89. The van der Waals surface area contributed by atoms with Gasteiger partial charge in [-0.05, 0) is 48.9 Å². The number of urea groups is 1. The maximum absolute atomic E-state index is 12.9. The van der Waals surface area contributed by atoms with Gasteiger partial charge in [-0.2, -0.15) is 13.2 Å². The molecule has 0 fully saturated rings. The summed E-state index contributed by atoms with van der Waals surface area (Å²) in [5.41, 5.74) is 2.79. The van der Waals surface area contributed by atoms with Gasteiger partial charge in [0, 0.05) is 37.8 Å². The molecule has 1 aromatic heterocycles. The first kappa shape index (κ1) is 23.4. The highest BCUT2D eigenvalue weighted by Gasteiger charge is 2.30. The van der Waals surface area contributed by atoms with Crippen LogP contribution in [-0.2, 0) is 24.0 Å². The summed E-state index contributed by atoms with van der Waals surface area (Å²) in [5, 5.41) is 2.67. The summed E-state index contributed by atoms with van der Waals surface area (Å²) in [4.78, 5) is 14.4. The lowest BCUT2D eigenvalue weighted by Gasteiger charge is -2.24. The normalized spacial score (nSPS) is 11.4. The Morgan fingerprint density at radius 1 is 1.06 bits per heavy atom. The molecule has 0 aliphatic rings. The van der Waals surface area contributed by atoms with Gasteiger partial charge in [0.25, 0.3) is 0 Å². The SMILES string of the molecule is COCCN(Cc1cccn1Cc1ccc(C)cc1)C(=O)Nc1ccc(C(F)(F)F)cc1. The Morgan fingerprint density at radius 2 is 1.75 bits per heavy atom. The predicted octanol–water partition coefficient (Wildman–Crippen LogP) is 5.54. The van der Waals surface area contributed by atoms with E-state index in [0.29, 0.717) is 31.9 Å². The fourth-order valence-electron chi connectivity index (χ4n) is 3.23. The summed E-state index contributed by atoms with van der Waals surface area (Å²) in [6.07, 6.45) is -2.46. The standard InChI is InChI=1S/C24H26F3N3O2/c1-18-5-7-19(8-6-18)16-29-13-3-4-22(29)17-30(14-15-32-2)23(31)28-21-11-9-20(10-12-21)24(25,26)27/h3-13H,14-17H2,1-2H3,(H,28,31). The topological polar surface area (TPSA) is 46.5 Å². The maximum Gasteiger partial charge on any atom is 0.416 e. The second kappa shape index (κ2) is 10.4. The zero-order chi connectivity index (χ0) is 23.1. The van der Waals surface area contributed by atoms with Crippen LogP contribution in [0.3, 0.4) is 0 Å². The average molecular weight is 445 g/mol. The number of amides is 2. The number of methoxy groups -OCH3 is 1. The van der Waals surface area contributed by atoms with E-state index in [1.807, 2.05) is 25.3 Å². The number of aryl methyl sites for hydroxylation is 1. The molecule has 0 atom stereocenters. The fraction of sp³-hybridized carbons (Fsp3) is 0.292. The van der Waals surface area contributed by atoms with Crippen LogP contribution in [0.5, 0.6) is 0 Å². The van der Waals surface area contributed by atoms with Gasteiger partial charge >= 0.3 is 12.2 Å². The lowest BCUT2D eigenvalue weighted by Crippen LogP contribution is -2.37. The Morgan fingerprint density at radius 3 is 2.38 bits per heavy atom. The van der Waals surface area contributed by atoms with E-state index in [9.17, 15) is 18.0 Å². The molecule has 0 spiro atoms. The molecule has 170 valence electrons. The zero-order valence-electron chi connectivity index (χ0n) is 18.0. The number of nitrogens with one attached hydrogen (secondary N) is 1. The second-order valence-electron chi connectivity index (χ2n) is 7.53. The zero-order valence-corrected chi connectivity index (χ0v) is 18.0. The molecule has 3 aromatic rings. The predicted molar refractivity (Wildman–Crippen MR) is 117 cm³/mol. The van der Waals surface area contributed by atoms with Crippen molar-refractivity contribution in [3.8, 4) is 0 Å². The van der Waals surface area contributed by atoms with Gasteiger partial charge in [-0.3, -0.25) is 0 Å². The number of benzene rings is 2. The van der Waals surface area contributed by atoms with Gasteiger partial charge in [0.2, 0.25) is 0 Å². The number of anilines is 1. The number of ether oxygens (including phenoxy) is 1. The first-order valence-corrected chi connectivity index (χ1v) is 10.2. The minimum atomic E-state index is -4.42. The number of alkyl halides is 3. The molecule has 32 heavy (non-hydrogen) atoms. The van der Waals surface area contributed by atoms with Crippen LogP contribution in [-0.4, -0.2) is 35.8 Å². The van der Waals surface area contributed by atoms with Crippen molar-refractivity contribution in [2.75, 3.05) is 25.6 Å². The van der Waals surface area contributed by atoms with E-state index >= 15 is 0 Å². The Hall–Kier alpha value is -3.26. The number of aromatic nitrogens is 1. The lowest BCUT2D eigenvalue weighted by molar-refractivity contribution is -0.137. The van der Waals surface area contributed by atoms with Gasteiger partial charge in [-0.25, -0.2) is 4.79 Å². The molecular weight excluding hydrogens is 419 g/mol. The summed E-state index contributed by atoms with van der Waals surface area (Å²) in [5.74, 6) is 0. The number of hydrogen-bond acceptors (Lipinski definition) is 2. The van der Waals surface area contributed by atoms with Crippen molar-refractivity contribution in [3.05, 3.63) is 89.2 Å². The van der Waals surface area contributed by atoms with Crippen molar-refractivity contribution in [1.29, 1.82) is 0 Å². The van der Waals surface area contributed by atoms with Crippen molar-refractivity contribution in [2.45, 2.75) is 26.2 Å². The molecule has 1 N–H and O–H groups in total. The smallest absolute Gasteiger partial charge is 0.383 e. The van der Waals surface area contributed by atoms with Gasteiger partial charge in [0.15, 0.2) is 0 Å². The molecule has 2 amide bonds. The van der Waals surface area contributed by atoms with Crippen molar-refractivity contribution in [1.82, 2.24) is 9.47 Å². The first-order chi connectivity index (χ1) is 15.3. The lowest BCUT2D eigenvalue weighted by atomic mass is 10.1. The van der Waals surface area contributed by atoms with Gasteiger partial charge in [-0.15, -0.1) is 0 Å². The third kappa shape index (κ3) is 6.37. The van der Waals surface area contributed by atoms with Crippen LogP contribution in [0.1, 0.15) is 22.4 Å². The van der Waals surface area contributed by atoms with Crippen LogP contribution >= 0.6 is 0 Å². The molecule has 2 aromatic carbocycles. The molecule has 0 aliphatic carbocycles. The molecular formula is C24H26F3N3O2. The summed E-state index contributed by atoms with van der Waals surface area (Å²) in [6, 6.07) is 16.1. The van der Waals surface area contributed by atoms with Gasteiger partial charge in [0.05, 0.1) is 18.7 Å². The summed E-state index contributed by atoms with van der Waals surface area (Å²) < 4.78 is 45.5. The minimum absolute atomic E-state index is 0.292. The molecule has 0 radical (unpaired) electrons. The van der Waals surface area contributed by atoms with Gasteiger partial charge in [0.1, 0.15) is 0 Å². The number of rotatable bonds is 8. The van der Waals surface area contributed by atoms with Crippen molar-refractivity contribution in [3.63, 3.8) is 0 Å². The van der Waals surface area contributed by atoms with Crippen LogP contribution in [0.2, 0.25) is 0 Å². The number of hydrogen-bond donors (Lipinski definition) is 1. The number of carbonyl (C=O) groups is 1. The van der Waals surface area contributed by atoms with Crippen molar-refractivity contribution < 1.29 is 22.7 Å². The van der Waals surface area contributed by atoms with E-state index in [-0.39, 0.29) is 0 Å². The monoisotopic (exact) mass is 445 g/mol. The third-order valence-corrected chi connectivity index (χ3v) is 5.07. The first-order valence-electron chi connectivity index (χ1n) is 10.2. The minimum Gasteiger partial charge on any atom is -0.383 e. The maximum atomic E-state index is 12.9. The Balaban J connectivity index is 1.71. The molecule has 3 rings (SSSR count). The highest BCUT2D eigenvalue weighted by Crippen LogP contribution is 2.29. The molecule has 0 aliphatic heterocycles. The molecule has 8 heteroatoms. The molecule has 1 heterocycles. The van der Waals surface area contributed by atoms with Crippen LogP contribution in [0, 0.1) is 6.92 Å². The van der Waals surface area contributed by atoms with Crippen LogP contribution in [0.25, 0.3) is 0 Å². The number of halogens is 3. The Labute approximate surface area is 185 Å². The van der Waals surface area contributed by atoms with Crippen molar-refractivity contribution in [2.24, 2.45) is 0 Å². The third-order valence-electron chi connectivity index (χ3n) is 5.07. The fourth-order valence-corrected chi connectivity index (χ4v) is 3.23. The van der Waals surface area contributed by atoms with Crippen molar-refractivity contribution >= 4 is 11.7 Å². The number of carbonyl (C=O) groups excluding carboxylic acids is 1. The van der Waals surface area contributed by atoms with Gasteiger partial charge < -0.3 is 19.5 Å². The molecule has 0 bridgehead atoms. The van der Waals surface area contributed by atoms with Gasteiger partial charge in [-0.1, -0.05) is 29.8 Å². The van der Waals surface area contributed by atoms with E-state index in [2.05, 4.69) is 34.1 Å². The Kier molecular flexibility index (Phi) is 7.58. The van der Waals surface area contributed by atoms with E-state index < -0.39 is 17.8 Å². The largest absolute Gasteiger partial charge is 0.416 e. The van der Waals surface area contributed by atoms with Crippen LogP contribution in [0.15, 0.2) is 66.9 Å². The summed E-state index contributed by atoms with van der Waals surface area (Å²) in [7, 11) is 1.55. The summed E-state index contributed by atoms with van der Waals surface area (Å²) >= 11 is 0. The van der Waals surface area contributed by atoms with E-state index in [0.717, 1.165) is 23.4 Å².